The number of rotatable bonds is 6. The summed E-state index contributed by atoms with van der Waals surface area (Å²) in [5.41, 5.74) is 4.88. The lowest BCUT2D eigenvalue weighted by Gasteiger charge is -2.28. The van der Waals surface area contributed by atoms with E-state index in [-0.39, 0.29) is 5.91 Å². The van der Waals surface area contributed by atoms with Crippen molar-refractivity contribution < 1.29 is 9.53 Å². The summed E-state index contributed by atoms with van der Waals surface area (Å²) in [6.45, 7) is 8.54. The zero-order valence-electron chi connectivity index (χ0n) is 9.25. The molecule has 4 nitrogen and oxygen atoms in total. The minimum atomic E-state index is -0.837. The van der Waals surface area contributed by atoms with Crippen molar-refractivity contribution in [2.45, 2.75) is 19.4 Å². The Hall–Kier alpha value is -0.870. The fraction of sp³-hybridized carbons (Fsp3) is 0.700. The highest BCUT2D eigenvalue weighted by Crippen LogP contribution is 2.04. The molecule has 1 amide bonds. The molecule has 0 spiro atoms. The number of hydrogen-bond acceptors (Lipinski definition) is 3. The van der Waals surface area contributed by atoms with Crippen LogP contribution in [0.3, 0.4) is 0 Å². The average Bonchev–Trinajstić information content (AvgIpc) is 2.09. The summed E-state index contributed by atoms with van der Waals surface area (Å²) in [6.07, 6.45) is 1.68. The summed E-state index contributed by atoms with van der Waals surface area (Å²) < 4.78 is 4.91. The molecule has 82 valence electrons. The quantitative estimate of drug-likeness (QED) is 0.631. The molecule has 0 aliphatic heterocycles. The Bertz CT molecular complexity index is 197. The minimum Gasteiger partial charge on any atom is -0.383 e. The second-order valence-corrected chi connectivity index (χ2v) is 3.75. The molecule has 0 aliphatic carbocycles. The van der Waals surface area contributed by atoms with E-state index in [1.54, 1.807) is 31.9 Å². The Balaban J connectivity index is 4.32. The highest BCUT2D eigenvalue weighted by atomic mass is 16.5. The molecule has 0 saturated heterocycles. The van der Waals surface area contributed by atoms with Crippen molar-refractivity contribution in [2.24, 2.45) is 5.73 Å². The van der Waals surface area contributed by atoms with Crippen LogP contribution in [-0.2, 0) is 9.53 Å². The van der Waals surface area contributed by atoms with Crippen molar-refractivity contribution in [1.29, 1.82) is 0 Å². The van der Waals surface area contributed by atoms with Gasteiger partial charge >= 0.3 is 0 Å². The van der Waals surface area contributed by atoms with Crippen LogP contribution >= 0.6 is 0 Å². The third kappa shape index (κ3) is 4.39. The van der Waals surface area contributed by atoms with Gasteiger partial charge in [-0.3, -0.25) is 4.79 Å². The Morgan fingerprint density at radius 1 is 1.64 bits per heavy atom. The molecule has 0 aliphatic rings. The Kier molecular flexibility index (Phi) is 5.42. The van der Waals surface area contributed by atoms with Gasteiger partial charge in [0.2, 0.25) is 5.91 Å². The highest BCUT2D eigenvalue weighted by molar-refractivity contribution is 5.85. The molecule has 0 radical (unpaired) electrons. The molecule has 4 heteroatoms. The van der Waals surface area contributed by atoms with Crippen LogP contribution in [-0.4, -0.2) is 43.2 Å². The predicted molar refractivity (Wildman–Crippen MR) is 56.9 cm³/mol. The molecule has 0 aromatic carbocycles. The van der Waals surface area contributed by atoms with Gasteiger partial charge in [-0.1, -0.05) is 6.08 Å². The number of nitrogens with zero attached hydrogens (tertiary/aromatic N) is 1. The highest BCUT2D eigenvalue weighted by Gasteiger charge is 2.26. The van der Waals surface area contributed by atoms with Crippen LogP contribution in [0.15, 0.2) is 12.7 Å². The standard InChI is InChI=1S/C10H20N2O2/c1-5-6-12(7-8-14-4)9(13)10(2,3)11/h5H,1,6-8,11H2,2-4H3. The van der Waals surface area contributed by atoms with Crippen molar-refractivity contribution in [3.8, 4) is 0 Å². The van der Waals surface area contributed by atoms with Crippen LogP contribution in [0, 0.1) is 0 Å². The summed E-state index contributed by atoms with van der Waals surface area (Å²) in [7, 11) is 1.60. The average molecular weight is 200 g/mol. The lowest BCUT2D eigenvalue weighted by atomic mass is 10.1. The second-order valence-electron chi connectivity index (χ2n) is 3.75. The Morgan fingerprint density at radius 2 is 2.21 bits per heavy atom. The number of nitrogens with two attached hydrogens (primary N) is 1. The van der Waals surface area contributed by atoms with Gasteiger partial charge in [-0.2, -0.15) is 0 Å². The lowest BCUT2D eigenvalue weighted by molar-refractivity contribution is -0.135. The fourth-order valence-corrected chi connectivity index (χ4v) is 1.04. The number of amides is 1. The zero-order valence-corrected chi connectivity index (χ0v) is 9.25. The molecular formula is C10H20N2O2. The van der Waals surface area contributed by atoms with Gasteiger partial charge in [-0.25, -0.2) is 0 Å². The molecule has 0 saturated carbocycles. The maximum Gasteiger partial charge on any atom is 0.242 e. The van der Waals surface area contributed by atoms with Crippen LogP contribution in [0.4, 0.5) is 0 Å². The normalized spacial score (nSPS) is 11.1. The molecule has 2 N–H and O–H groups in total. The summed E-state index contributed by atoms with van der Waals surface area (Å²) in [5.74, 6) is -0.0885. The minimum absolute atomic E-state index is 0.0885. The van der Waals surface area contributed by atoms with Crippen molar-refractivity contribution in [2.75, 3.05) is 26.8 Å². The molecule has 14 heavy (non-hydrogen) atoms. The molecule has 0 unspecified atom stereocenters. The van der Waals surface area contributed by atoms with Crippen LogP contribution in [0.1, 0.15) is 13.8 Å². The first-order chi connectivity index (χ1) is 6.43. The second kappa shape index (κ2) is 5.78. The largest absolute Gasteiger partial charge is 0.383 e. The van der Waals surface area contributed by atoms with Crippen molar-refractivity contribution >= 4 is 5.91 Å². The Labute approximate surface area is 85.7 Å². The SMILES string of the molecule is C=CCN(CCOC)C(=O)C(C)(C)N. The van der Waals surface area contributed by atoms with Gasteiger partial charge in [-0.05, 0) is 13.8 Å². The van der Waals surface area contributed by atoms with Gasteiger partial charge in [0.05, 0.1) is 12.1 Å². The first-order valence-electron chi connectivity index (χ1n) is 4.61. The van der Waals surface area contributed by atoms with Gasteiger partial charge in [0.15, 0.2) is 0 Å². The number of hydrogen-bond donors (Lipinski definition) is 1. The van der Waals surface area contributed by atoms with E-state index < -0.39 is 5.54 Å². The smallest absolute Gasteiger partial charge is 0.242 e. The third-order valence-electron chi connectivity index (χ3n) is 1.75. The lowest BCUT2D eigenvalue weighted by Crippen LogP contribution is -2.51. The topological polar surface area (TPSA) is 55.6 Å². The molecule has 0 heterocycles. The third-order valence-corrected chi connectivity index (χ3v) is 1.75. The van der Waals surface area contributed by atoms with E-state index >= 15 is 0 Å². The maximum absolute atomic E-state index is 11.8. The zero-order chi connectivity index (χ0) is 11.2. The van der Waals surface area contributed by atoms with Crippen LogP contribution < -0.4 is 5.73 Å². The van der Waals surface area contributed by atoms with Crippen LogP contribution in [0.2, 0.25) is 0 Å². The van der Waals surface area contributed by atoms with Crippen LogP contribution in [0.25, 0.3) is 0 Å². The van der Waals surface area contributed by atoms with E-state index in [0.29, 0.717) is 19.7 Å². The van der Waals surface area contributed by atoms with Crippen LogP contribution in [0.5, 0.6) is 0 Å². The number of carbonyl (C=O) groups is 1. The van der Waals surface area contributed by atoms with Gasteiger partial charge in [0.1, 0.15) is 0 Å². The van der Waals surface area contributed by atoms with Gasteiger partial charge < -0.3 is 15.4 Å². The number of methoxy groups -OCH3 is 1. The first kappa shape index (κ1) is 13.1. The van der Waals surface area contributed by atoms with Crippen molar-refractivity contribution in [1.82, 2.24) is 4.90 Å². The molecule has 0 rings (SSSR count). The van der Waals surface area contributed by atoms with Crippen molar-refractivity contribution in [3.63, 3.8) is 0 Å². The molecule has 0 aromatic heterocycles. The van der Waals surface area contributed by atoms with E-state index in [1.807, 2.05) is 0 Å². The Morgan fingerprint density at radius 3 is 2.57 bits per heavy atom. The fourth-order valence-electron chi connectivity index (χ4n) is 1.04. The summed E-state index contributed by atoms with van der Waals surface area (Å²) >= 11 is 0. The van der Waals surface area contributed by atoms with Crippen molar-refractivity contribution in [3.05, 3.63) is 12.7 Å². The predicted octanol–water partition coefficient (Wildman–Crippen LogP) is 0.385. The summed E-state index contributed by atoms with van der Waals surface area (Å²) in [4.78, 5) is 13.4. The summed E-state index contributed by atoms with van der Waals surface area (Å²) in [5, 5.41) is 0. The molecule has 0 fully saturated rings. The summed E-state index contributed by atoms with van der Waals surface area (Å²) in [6, 6.07) is 0. The number of carbonyl (C=O) groups excluding carboxylic acids is 1. The molecule has 0 atom stereocenters. The van der Waals surface area contributed by atoms with E-state index in [2.05, 4.69) is 6.58 Å². The molecule has 0 aromatic rings. The van der Waals surface area contributed by atoms with E-state index in [9.17, 15) is 4.79 Å². The van der Waals surface area contributed by atoms with Gasteiger partial charge in [0, 0.05) is 20.2 Å². The van der Waals surface area contributed by atoms with Gasteiger partial charge in [-0.15, -0.1) is 6.58 Å². The van der Waals surface area contributed by atoms with Gasteiger partial charge in [0.25, 0.3) is 0 Å². The molecular weight excluding hydrogens is 180 g/mol. The first-order valence-corrected chi connectivity index (χ1v) is 4.61. The van der Waals surface area contributed by atoms with E-state index in [0.717, 1.165) is 0 Å². The van der Waals surface area contributed by atoms with E-state index in [4.69, 9.17) is 10.5 Å². The maximum atomic E-state index is 11.8. The number of ether oxygens (including phenoxy) is 1. The molecule has 0 bridgehead atoms. The monoisotopic (exact) mass is 200 g/mol. The van der Waals surface area contributed by atoms with E-state index in [1.165, 1.54) is 0 Å².